The van der Waals surface area contributed by atoms with E-state index >= 15 is 0 Å². The number of aromatic nitrogens is 2. The quantitative estimate of drug-likeness (QED) is 0.541. The molecule has 0 aromatic carbocycles. The normalized spacial score (nSPS) is 9.79. The predicted molar refractivity (Wildman–Crippen MR) is 50.3 cm³/mol. The third-order valence-electron chi connectivity index (χ3n) is 1.52. The van der Waals surface area contributed by atoms with Crippen LogP contribution >= 0.6 is 0 Å². The molecule has 0 fully saturated rings. The van der Waals surface area contributed by atoms with E-state index in [2.05, 4.69) is 15.3 Å². The third kappa shape index (κ3) is 2.28. The zero-order valence-electron chi connectivity index (χ0n) is 7.61. The number of nitrogens with one attached hydrogen (secondary N) is 2. The summed E-state index contributed by atoms with van der Waals surface area (Å²) in [5, 5.41) is 13.1. The molecule has 0 saturated carbocycles. The number of hydrogen-bond acceptors (Lipinski definition) is 5. The zero-order chi connectivity index (χ0) is 10.6. The van der Waals surface area contributed by atoms with Crippen molar-refractivity contribution in [2.45, 2.75) is 13.3 Å². The Kier molecular flexibility index (Phi) is 3.16. The van der Waals surface area contributed by atoms with Gasteiger partial charge in [-0.05, 0) is 6.42 Å². The standard InChI is InChI=1S/C7H10N4O3/c1-2-3-8-7-9-4-5(11(13)14)6(12)10-7/h4H,2-3H2,1H3,(H2,8,9,10,12). The fourth-order valence-corrected chi connectivity index (χ4v) is 0.851. The van der Waals surface area contributed by atoms with E-state index in [0.29, 0.717) is 6.54 Å². The second kappa shape index (κ2) is 4.35. The molecule has 0 saturated heterocycles. The number of hydrogen-bond donors (Lipinski definition) is 2. The summed E-state index contributed by atoms with van der Waals surface area (Å²) >= 11 is 0. The number of anilines is 1. The van der Waals surface area contributed by atoms with Crippen molar-refractivity contribution in [3.05, 3.63) is 26.7 Å². The highest BCUT2D eigenvalue weighted by Gasteiger charge is 2.12. The highest BCUT2D eigenvalue weighted by Crippen LogP contribution is 2.01. The molecule has 0 aliphatic heterocycles. The van der Waals surface area contributed by atoms with Gasteiger partial charge in [0.1, 0.15) is 6.20 Å². The largest absolute Gasteiger partial charge is 0.356 e. The zero-order valence-corrected chi connectivity index (χ0v) is 7.61. The molecule has 0 atom stereocenters. The first-order chi connectivity index (χ1) is 6.65. The molecule has 1 heterocycles. The first kappa shape index (κ1) is 10.2. The van der Waals surface area contributed by atoms with Crippen LogP contribution in [-0.4, -0.2) is 21.4 Å². The molecule has 7 nitrogen and oxygen atoms in total. The molecule has 76 valence electrons. The van der Waals surface area contributed by atoms with Crippen LogP contribution in [0.4, 0.5) is 11.6 Å². The summed E-state index contributed by atoms with van der Waals surface area (Å²) in [6, 6.07) is 0. The van der Waals surface area contributed by atoms with Gasteiger partial charge in [-0.2, -0.15) is 0 Å². The predicted octanol–water partition coefficient (Wildman–Crippen LogP) is 0.500. The fraction of sp³-hybridized carbons (Fsp3) is 0.429. The second-order valence-corrected chi connectivity index (χ2v) is 2.63. The van der Waals surface area contributed by atoms with E-state index in [1.165, 1.54) is 0 Å². The van der Waals surface area contributed by atoms with Gasteiger partial charge in [-0.15, -0.1) is 0 Å². The summed E-state index contributed by atoms with van der Waals surface area (Å²) in [7, 11) is 0. The van der Waals surface area contributed by atoms with E-state index in [-0.39, 0.29) is 5.95 Å². The Bertz CT molecular complexity index is 387. The van der Waals surface area contributed by atoms with Crippen molar-refractivity contribution in [3.63, 3.8) is 0 Å². The van der Waals surface area contributed by atoms with Crippen molar-refractivity contribution in [2.24, 2.45) is 0 Å². The first-order valence-corrected chi connectivity index (χ1v) is 4.12. The molecule has 0 unspecified atom stereocenters. The van der Waals surface area contributed by atoms with Gasteiger partial charge in [0.25, 0.3) is 0 Å². The number of nitrogens with zero attached hydrogens (tertiary/aromatic N) is 2. The van der Waals surface area contributed by atoms with Crippen LogP contribution in [0.2, 0.25) is 0 Å². The fourth-order valence-electron chi connectivity index (χ4n) is 0.851. The van der Waals surface area contributed by atoms with Crippen molar-refractivity contribution >= 4 is 11.6 Å². The maximum Gasteiger partial charge on any atom is 0.352 e. The van der Waals surface area contributed by atoms with Crippen LogP contribution in [0, 0.1) is 10.1 Å². The van der Waals surface area contributed by atoms with E-state index in [1.54, 1.807) is 0 Å². The summed E-state index contributed by atoms with van der Waals surface area (Å²) < 4.78 is 0. The minimum Gasteiger partial charge on any atom is -0.356 e. The van der Waals surface area contributed by atoms with E-state index in [4.69, 9.17) is 0 Å². The molecule has 0 bridgehead atoms. The second-order valence-electron chi connectivity index (χ2n) is 2.63. The number of aromatic amines is 1. The van der Waals surface area contributed by atoms with Crippen molar-refractivity contribution in [1.29, 1.82) is 0 Å². The van der Waals surface area contributed by atoms with Gasteiger partial charge < -0.3 is 5.32 Å². The van der Waals surface area contributed by atoms with Gasteiger partial charge in [-0.3, -0.25) is 19.9 Å². The summed E-state index contributed by atoms with van der Waals surface area (Å²) in [4.78, 5) is 26.5. The maximum atomic E-state index is 11.1. The summed E-state index contributed by atoms with van der Waals surface area (Å²) in [6.07, 6.45) is 1.82. The van der Waals surface area contributed by atoms with Crippen LogP contribution in [0.25, 0.3) is 0 Å². The van der Waals surface area contributed by atoms with E-state index in [1.807, 2.05) is 6.92 Å². The summed E-state index contributed by atoms with van der Waals surface area (Å²) in [5.41, 5.74) is -1.30. The Morgan fingerprint density at radius 2 is 2.43 bits per heavy atom. The number of rotatable bonds is 4. The van der Waals surface area contributed by atoms with Gasteiger partial charge in [0.05, 0.1) is 4.92 Å². The lowest BCUT2D eigenvalue weighted by Gasteiger charge is -2.01. The SMILES string of the molecule is CCCNc1ncc([N+](=O)[O-])c(=O)[nH]1. The summed E-state index contributed by atoms with van der Waals surface area (Å²) in [5.74, 6) is 0.252. The van der Waals surface area contributed by atoms with Crippen molar-refractivity contribution in [3.8, 4) is 0 Å². The van der Waals surface area contributed by atoms with Crippen LogP contribution < -0.4 is 10.9 Å². The molecule has 0 aliphatic carbocycles. The average Bonchev–Trinajstić information content (AvgIpc) is 2.14. The number of H-pyrrole nitrogens is 1. The van der Waals surface area contributed by atoms with Crippen LogP contribution in [0.3, 0.4) is 0 Å². The highest BCUT2D eigenvalue weighted by atomic mass is 16.6. The van der Waals surface area contributed by atoms with E-state index in [0.717, 1.165) is 12.6 Å². The molecule has 14 heavy (non-hydrogen) atoms. The van der Waals surface area contributed by atoms with Gasteiger partial charge >= 0.3 is 11.2 Å². The monoisotopic (exact) mass is 198 g/mol. The van der Waals surface area contributed by atoms with Gasteiger partial charge in [-0.25, -0.2) is 4.98 Å². The lowest BCUT2D eigenvalue weighted by Crippen LogP contribution is -2.15. The Labute approximate surface area is 79.3 Å². The molecule has 0 aliphatic rings. The van der Waals surface area contributed by atoms with E-state index < -0.39 is 16.2 Å². The lowest BCUT2D eigenvalue weighted by molar-refractivity contribution is -0.386. The Balaban J connectivity index is 2.89. The molecule has 1 aromatic heterocycles. The molecule has 7 heteroatoms. The summed E-state index contributed by atoms with van der Waals surface area (Å²) in [6.45, 7) is 2.61. The first-order valence-electron chi connectivity index (χ1n) is 4.12. The molecule has 0 radical (unpaired) electrons. The smallest absolute Gasteiger partial charge is 0.352 e. The van der Waals surface area contributed by atoms with Crippen LogP contribution in [0.1, 0.15) is 13.3 Å². The minimum atomic E-state index is -0.768. The van der Waals surface area contributed by atoms with Crippen molar-refractivity contribution < 1.29 is 4.92 Å². The lowest BCUT2D eigenvalue weighted by atomic mass is 10.5. The Hall–Kier alpha value is -1.92. The maximum absolute atomic E-state index is 11.1. The third-order valence-corrected chi connectivity index (χ3v) is 1.52. The highest BCUT2D eigenvalue weighted by molar-refractivity contribution is 5.30. The van der Waals surface area contributed by atoms with E-state index in [9.17, 15) is 14.9 Å². The van der Waals surface area contributed by atoms with Gasteiger partial charge in [0, 0.05) is 6.54 Å². The molecular weight excluding hydrogens is 188 g/mol. The minimum absolute atomic E-state index is 0.252. The van der Waals surface area contributed by atoms with Crippen LogP contribution in [0.5, 0.6) is 0 Å². The topological polar surface area (TPSA) is 101 Å². The van der Waals surface area contributed by atoms with Gasteiger partial charge in [0.15, 0.2) is 0 Å². The Morgan fingerprint density at radius 3 is 2.93 bits per heavy atom. The van der Waals surface area contributed by atoms with Crippen molar-refractivity contribution in [1.82, 2.24) is 9.97 Å². The van der Waals surface area contributed by atoms with Gasteiger partial charge in [0.2, 0.25) is 5.95 Å². The molecule has 0 amide bonds. The average molecular weight is 198 g/mol. The Morgan fingerprint density at radius 1 is 1.71 bits per heavy atom. The molecule has 2 N–H and O–H groups in total. The molecule has 1 aromatic rings. The molecule has 1 rings (SSSR count). The van der Waals surface area contributed by atoms with Crippen LogP contribution in [-0.2, 0) is 0 Å². The van der Waals surface area contributed by atoms with Crippen molar-refractivity contribution in [2.75, 3.05) is 11.9 Å². The van der Waals surface area contributed by atoms with Crippen LogP contribution in [0.15, 0.2) is 11.0 Å². The molecule has 0 spiro atoms. The molecular formula is C7H10N4O3. The number of nitro groups is 1. The van der Waals surface area contributed by atoms with Gasteiger partial charge in [-0.1, -0.05) is 6.92 Å².